The van der Waals surface area contributed by atoms with E-state index in [-0.39, 0.29) is 35.6 Å². The van der Waals surface area contributed by atoms with Gasteiger partial charge in [0.05, 0.1) is 16.6 Å². The summed E-state index contributed by atoms with van der Waals surface area (Å²) in [4.78, 5) is 28.0. The average molecular weight is 379 g/mol. The molecular weight excluding hydrogens is 352 g/mol. The Hall–Kier alpha value is -1.79. The molecule has 1 heterocycles. The topological polar surface area (TPSA) is 92.9 Å². The number of carbonyl (C=O) groups excluding carboxylic acids is 1. The summed E-state index contributed by atoms with van der Waals surface area (Å²) >= 11 is 0. The van der Waals surface area contributed by atoms with Crippen LogP contribution in [0.4, 0.5) is 0 Å². The monoisotopic (exact) mass is 378 g/mol. The first kappa shape index (κ1) is 19.0. The van der Waals surface area contributed by atoms with Crippen LogP contribution in [0.2, 0.25) is 0 Å². The molecule has 1 unspecified atom stereocenters. The van der Waals surface area contributed by atoms with Crippen LogP contribution < -0.4 is 16.7 Å². The maximum Gasteiger partial charge on any atom is 0.326 e. The maximum absolute atomic E-state index is 12.7. The second-order valence-electron chi connectivity index (χ2n) is 7.82. The Labute approximate surface area is 158 Å². The number of amides is 1. The van der Waals surface area contributed by atoms with Crippen LogP contribution in [0, 0.1) is 5.92 Å². The van der Waals surface area contributed by atoms with Crippen LogP contribution in [-0.2, 0) is 0 Å². The smallest absolute Gasteiger partial charge is 0.326 e. The van der Waals surface area contributed by atoms with Crippen LogP contribution in [-0.4, -0.2) is 27.5 Å². The van der Waals surface area contributed by atoms with E-state index in [0.717, 1.165) is 36.7 Å². The molecule has 2 aliphatic rings. The summed E-state index contributed by atoms with van der Waals surface area (Å²) in [7, 11) is 0. The molecule has 1 aromatic carbocycles. The number of nitrogens with two attached hydrogens (primary N) is 1. The molecule has 0 aliphatic heterocycles. The number of nitrogens with zero attached hydrogens (tertiary/aromatic N) is 1. The van der Waals surface area contributed by atoms with Crippen molar-refractivity contribution in [1.29, 1.82) is 0 Å². The van der Waals surface area contributed by atoms with Gasteiger partial charge < -0.3 is 16.0 Å². The average Bonchev–Trinajstić information content (AvgIpc) is 3.23. The molecule has 4 N–H and O–H groups in total. The molecule has 0 spiro atoms. The molecule has 2 fully saturated rings. The fourth-order valence-corrected chi connectivity index (χ4v) is 4.17. The van der Waals surface area contributed by atoms with Gasteiger partial charge in [0.15, 0.2) is 0 Å². The molecule has 7 heteroatoms. The summed E-state index contributed by atoms with van der Waals surface area (Å²) in [5.74, 6) is 0.338. The van der Waals surface area contributed by atoms with Crippen LogP contribution in [0.5, 0.6) is 0 Å². The highest BCUT2D eigenvalue weighted by atomic mass is 35.5. The van der Waals surface area contributed by atoms with E-state index >= 15 is 0 Å². The summed E-state index contributed by atoms with van der Waals surface area (Å²) in [6.07, 6.45) is 6.66. The van der Waals surface area contributed by atoms with Gasteiger partial charge in [-0.2, -0.15) is 0 Å². The molecule has 6 nitrogen and oxygen atoms in total. The van der Waals surface area contributed by atoms with Crippen LogP contribution >= 0.6 is 12.4 Å². The first-order chi connectivity index (χ1) is 12.0. The van der Waals surface area contributed by atoms with Crippen molar-refractivity contribution in [2.45, 2.75) is 57.0 Å². The van der Waals surface area contributed by atoms with E-state index < -0.39 is 0 Å². The Kier molecular flexibility index (Phi) is 5.17. The van der Waals surface area contributed by atoms with Crippen molar-refractivity contribution in [2.75, 3.05) is 6.54 Å². The van der Waals surface area contributed by atoms with Crippen molar-refractivity contribution in [2.24, 2.45) is 11.7 Å². The molecule has 1 aromatic heterocycles. The summed E-state index contributed by atoms with van der Waals surface area (Å²) < 4.78 is 1.86. The van der Waals surface area contributed by atoms with E-state index in [2.05, 4.69) is 10.3 Å². The van der Waals surface area contributed by atoms with Crippen LogP contribution in [0.15, 0.2) is 23.0 Å². The Morgan fingerprint density at radius 3 is 2.62 bits per heavy atom. The van der Waals surface area contributed by atoms with Gasteiger partial charge in [-0.25, -0.2) is 4.79 Å². The molecule has 2 saturated carbocycles. The number of hydrogen-bond acceptors (Lipinski definition) is 3. The lowest BCUT2D eigenvalue weighted by Gasteiger charge is -2.29. The largest absolute Gasteiger partial charge is 0.345 e. The van der Waals surface area contributed by atoms with Crippen molar-refractivity contribution in [3.8, 4) is 0 Å². The summed E-state index contributed by atoms with van der Waals surface area (Å²) in [5, 5.41) is 3.10. The molecule has 2 aromatic rings. The van der Waals surface area contributed by atoms with Gasteiger partial charge in [-0.05, 0) is 56.7 Å². The number of benzene rings is 1. The maximum atomic E-state index is 12.7. The standard InChI is InChI=1S/C19H26N4O2.ClH/c1-19(11-20,13-7-8-13)22-17(24)12-6-9-16-15(10-12)21-18(25)23(16)14-4-2-3-5-14;/h6,9-10,13-14H,2-5,7-8,11,20H2,1H3,(H,21,25)(H,22,24);1H. The number of H-pyrrole nitrogens is 1. The minimum Gasteiger partial charge on any atom is -0.345 e. The fourth-order valence-electron chi connectivity index (χ4n) is 4.17. The van der Waals surface area contributed by atoms with Gasteiger partial charge in [0, 0.05) is 18.2 Å². The number of fused-ring (bicyclic) bond motifs is 1. The zero-order chi connectivity index (χ0) is 17.6. The van der Waals surface area contributed by atoms with Gasteiger partial charge >= 0.3 is 5.69 Å². The quantitative estimate of drug-likeness (QED) is 0.746. The van der Waals surface area contributed by atoms with E-state index in [0.29, 0.717) is 18.0 Å². The van der Waals surface area contributed by atoms with Crippen LogP contribution in [0.1, 0.15) is 61.8 Å². The zero-order valence-corrected chi connectivity index (χ0v) is 15.9. The summed E-state index contributed by atoms with van der Waals surface area (Å²) in [5.41, 5.74) is 7.64. The number of imidazole rings is 1. The normalized spacial score (nSPS) is 19.9. The third-order valence-electron chi connectivity index (χ3n) is 5.97. The second-order valence-corrected chi connectivity index (χ2v) is 7.82. The van der Waals surface area contributed by atoms with Gasteiger partial charge in [0.2, 0.25) is 0 Å². The summed E-state index contributed by atoms with van der Waals surface area (Å²) in [6, 6.07) is 5.75. The van der Waals surface area contributed by atoms with Crippen molar-refractivity contribution in [3.63, 3.8) is 0 Å². The lowest BCUT2D eigenvalue weighted by atomic mass is 9.95. The molecule has 4 rings (SSSR count). The van der Waals surface area contributed by atoms with Crippen molar-refractivity contribution in [3.05, 3.63) is 34.2 Å². The van der Waals surface area contributed by atoms with E-state index in [9.17, 15) is 9.59 Å². The highest BCUT2D eigenvalue weighted by molar-refractivity contribution is 5.97. The third-order valence-corrected chi connectivity index (χ3v) is 5.97. The van der Waals surface area contributed by atoms with Crippen molar-refractivity contribution in [1.82, 2.24) is 14.9 Å². The first-order valence-corrected chi connectivity index (χ1v) is 9.29. The number of rotatable bonds is 5. The molecule has 0 radical (unpaired) electrons. The zero-order valence-electron chi connectivity index (χ0n) is 15.1. The molecule has 26 heavy (non-hydrogen) atoms. The molecule has 1 amide bonds. The molecule has 0 saturated heterocycles. The number of aromatic amines is 1. The number of halogens is 1. The van der Waals surface area contributed by atoms with Crippen molar-refractivity contribution >= 4 is 29.3 Å². The second kappa shape index (κ2) is 7.08. The molecule has 142 valence electrons. The predicted octanol–water partition coefficient (Wildman–Crippen LogP) is 2.72. The minimum atomic E-state index is -0.352. The van der Waals surface area contributed by atoms with E-state index in [1.54, 1.807) is 12.1 Å². The lowest BCUT2D eigenvalue weighted by molar-refractivity contribution is 0.0898. The number of nitrogens with one attached hydrogen (secondary N) is 2. The van der Waals surface area contributed by atoms with E-state index in [1.165, 1.54) is 12.8 Å². The molecular formula is C19H27ClN4O2. The number of aromatic nitrogens is 2. The minimum absolute atomic E-state index is 0. The SMILES string of the molecule is CC(CN)(NC(=O)c1ccc2c(c1)[nH]c(=O)n2C1CCCC1)C1CC1.Cl. The Bertz CT molecular complexity index is 864. The highest BCUT2D eigenvalue weighted by Gasteiger charge is 2.41. The van der Waals surface area contributed by atoms with Gasteiger partial charge in [-0.1, -0.05) is 12.8 Å². The Balaban J connectivity index is 0.00000196. The Morgan fingerprint density at radius 1 is 1.31 bits per heavy atom. The molecule has 2 aliphatic carbocycles. The number of hydrogen-bond donors (Lipinski definition) is 3. The first-order valence-electron chi connectivity index (χ1n) is 9.29. The fraction of sp³-hybridized carbons (Fsp3) is 0.579. The molecule has 1 atom stereocenters. The van der Waals surface area contributed by atoms with Gasteiger partial charge in [-0.15, -0.1) is 12.4 Å². The van der Waals surface area contributed by atoms with Crippen molar-refractivity contribution < 1.29 is 4.79 Å². The van der Waals surface area contributed by atoms with Gasteiger partial charge in [0.25, 0.3) is 5.91 Å². The van der Waals surface area contributed by atoms with Gasteiger partial charge in [-0.3, -0.25) is 9.36 Å². The van der Waals surface area contributed by atoms with Gasteiger partial charge in [0.1, 0.15) is 0 Å². The van der Waals surface area contributed by atoms with E-state index in [4.69, 9.17) is 5.73 Å². The Morgan fingerprint density at radius 2 is 2.00 bits per heavy atom. The highest BCUT2D eigenvalue weighted by Crippen LogP contribution is 2.39. The molecule has 0 bridgehead atoms. The number of carbonyl (C=O) groups is 1. The summed E-state index contributed by atoms with van der Waals surface area (Å²) in [6.45, 7) is 2.44. The van der Waals surface area contributed by atoms with E-state index in [1.807, 2.05) is 17.6 Å². The van der Waals surface area contributed by atoms with Crippen LogP contribution in [0.25, 0.3) is 11.0 Å². The van der Waals surface area contributed by atoms with Crippen LogP contribution in [0.3, 0.4) is 0 Å². The lowest BCUT2D eigenvalue weighted by Crippen LogP contribution is -2.53. The predicted molar refractivity (Wildman–Crippen MR) is 105 cm³/mol. The third kappa shape index (κ3) is 3.28.